The molecule has 0 aromatic heterocycles. The Morgan fingerprint density at radius 1 is 1.27 bits per heavy atom. The highest BCUT2D eigenvalue weighted by molar-refractivity contribution is 9.11. The van der Waals surface area contributed by atoms with Crippen LogP contribution in [0.4, 0.5) is 4.79 Å². The van der Waals surface area contributed by atoms with Gasteiger partial charge in [-0.1, -0.05) is 0 Å². The Labute approximate surface area is 145 Å². The molecular formula is C14H19Br2NO5. The van der Waals surface area contributed by atoms with Crippen LogP contribution in [0, 0.1) is 0 Å². The number of carbonyl (C=O) groups excluding carboxylic acids is 1. The second-order valence-corrected chi connectivity index (χ2v) is 7.44. The molecule has 1 aromatic rings. The SMILES string of the molecule is CC(C)(C)OC(=O)NCC(O)C(O)c1cc(Br)c(O)c(Br)c1. The van der Waals surface area contributed by atoms with Crippen LogP contribution in [-0.2, 0) is 4.74 Å². The number of hydrogen-bond acceptors (Lipinski definition) is 5. The fourth-order valence-corrected chi connectivity index (χ4v) is 2.81. The van der Waals surface area contributed by atoms with E-state index in [0.29, 0.717) is 14.5 Å². The number of carbonyl (C=O) groups is 1. The minimum Gasteiger partial charge on any atom is -0.506 e. The van der Waals surface area contributed by atoms with Crippen LogP contribution in [0.5, 0.6) is 5.75 Å². The van der Waals surface area contributed by atoms with Gasteiger partial charge in [-0.25, -0.2) is 4.79 Å². The first-order valence-corrected chi connectivity index (χ1v) is 8.10. The lowest BCUT2D eigenvalue weighted by Gasteiger charge is -2.22. The zero-order valence-electron chi connectivity index (χ0n) is 12.4. The molecule has 0 saturated carbocycles. The first kappa shape index (κ1) is 19.2. The molecule has 124 valence electrons. The van der Waals surface area contributed by atoms with Crippen molar-refractivity contribution in [1.82, 2.24) is 5.32 Å². The van der Waals surface area contributed by atoms with E-state index in [1.165, 1.54) is 12.1 Å². The third-order valence-corrected chi connectivity index (χ3v) is 3.81. The number of phenolic OH excluding ortho intramolecular Hbond substituents is 1. The highest BCUT2D eigenvalue weighted by atomic mass is 79.9. The summed E-state index contributed by atoms with van der Waals surface area (Å²) in [6.07, 6.45) is -3.13. The number of ether oxygens (including phenoxy) is 1. The van der Waals surface area contributed by atoms with Crippen LogP contribution in [0.15, 0.2) is 21.1 Å². The number of hydrogen-bond donors (Lipinski definition) is 4. The summed E-state index contributed by atoms with van der Waals surface area (Å²) >= 11 is 6.29. The summed E-state index contributed by atoms with van der Waals surface area (Å²) < 4.78 is 5.79. The summed E-state index contributed by atoms with van der Waals surface area (Å²) in [6.45, 7) is 5.00. The fourth-order valence-electron chi connectivity index (χ4n) is 1.59. The average Bonchev–Trinajstić information content (AvgIpc) is 2.38. The number of halogens is 2. The Hall–Kier alpha value is -0.830. The minimum absolute atomic E-state index is 0.00248. The number of nitrogens with one attached hydrogen (secondary N) is 1. The average molecular weight is 441 g/mol. The molecule has 0 heterocycles. The zero-order chi connectivity index (χ0) is 17.1. The Kier molecular flexibility index (Phi) is 6.66. The normalized spacial score (nSPS) is 14.3. The number of aliphatic hydroxyl groups is 2. The molecule has 1 rings (SSSR count). The maximum atomic E-state index is 11.5. The molecular weight excluding hydrogens is 422 g/mol. The quantitative estimate of drug-likeness (QED) is 0.576. The first-order chi connectivity index (χ1) is 10.0. The second kappa shape index (κ2) is 7.63. The van der Waals surface area contributed by atoms with Crippen LogP contribution in [0.2, 0.25) is 0 Å². The lowest BCUT2D eigenvalue weighted by molar-refractivity contribution is 0.0128. The molecule has 0 radical (unpaired) electrons. The van der Waals surface area contributed by atoms with Gasteiger partial charge in [0.05, 0.1) is 8.95 Å². The summed E-state index contributed by atoms with van der Waals surface area (Å²) in [5.74, 6) is -0.00248. The van der Waals surface area contributed by atoms with E-state index in [9.17, 15) is 20.1 Å². The van der Waals surface area contributed by atoms with E-state index < -0.39 is 23.9 Å². The molecule has 2 atom stereocenters. The predicted octanol–water partition coefficient (Wildman–Crippen LogP) is 2.84. The van der Waals surface area contributed by atoms with E-state index >= 15 is 0 Å². The van der Waals surface area contributed by atoms with Gasteiger partial charge in [-0.05, 0) is 70.3 Å². The van der Waals surface area contributed by atoms with Crippen LogP contribution in [-0.4, -0.2) is 39.7 Å². The van der Waals surface area contributed by atoms with Gasteiger partial charge in [-0.15, -0.1) is 0 Å². The molecule has 0 bridgehead atoms. The fraction of sp³-hybridized carbons (Fsp3) is 0.500. The van der Waals surface area contributed by atoms with Gasteiger partial charge in [0.25, 0.3) is 0 Å². The number of phenols is 1. The predicted molar refractivity (Wildman–Crippen MR) is 88.7 cm³/mol. The molecule has 0 spiro atoms. The number of aromatic hydroxyl groups is 1. The molecule has 0 saturated heterocycles. The topological polar surface area (TPSA) is 99.0 Å². The van der Waals surface area contributed by atoms with E-state index in [4.69, 9.17) is 4.74 Å². The third-order valence-electron chi connectivity index (χ3n) is 2.60. The van der Waals surface area contributed by atoms with Crippen LogP contribution < -0.4 is 5.32 Å². The van der Waals surface area contributed by atoms with Gasteiger partial charge in [-0.2, -0.15) is 0 Å². The van der Waals surface area contributed by atoms with E-state index in [1.54, 1.807) is 20.8 Å². The summed E-state index contributed by atoms with van der Waals surface area (Å²) in [6, 6.07) is 2.98. The number of benzene rings is 1. The van der Waals surface area contributed by atoms with Crippen molar-refractivity contribution in [2.24, 2.45) is 0 Å². The first-order valence-electron chi connectivity index (χ1n) is 6.52. The number of rotatable bonds is 4. The summed E-state index contributed by atoms with van der Waals surface area (Å²) in [7, 11) is 0. The maximum Gasteiger partial charge on any atom is 0.407 e. The van der Waals surface area contributed by atoms with Crippen molar-refractivity contribution in [2.75, 3.05) is 6.54 Å². The Balaban J connectivity index is 2.66. The molecule has 0 aliphatic carbocycles. The van der Waals surface area contributed by atoms with Gasteiger partial charge in [-0.3, -0.25) is 0 Å². The molecule has 2 unspecified atom stereocenters. The molecule has 0 aliphatic rings. The molecule has 0 aliphatic heterocycles. The monoisotopic (exact) mass is 439 g/mol. The molecule has 0 fully saturated rings. The Bertz CT molecular complexity index is 522. The number of amides is 1. The van der Waals surface area contributed by atoms with E-state index in [2.05, 4.69) is 37.2 Å². The molecule has 1 aromatic carbocycles. The zero-order valence-corrected chi connectivity index (χ0v) is 15.6. The Morgan fingerprint density at radius 3 is 2.23 bits per heavy atom. The van der Waals surface area contributed by atoms with Crippen LogP contribution in [0.1, 0.15) is 32.4 Å². The maximum absolute atomic E-state index is 11.5. The molecule has 4 N–H and O–H groups in total. The van der Waals surface area contributed by atoms with Gasteiger partial charge >= 0.3 is 6.09 Å². The van der Waals surface area contributed by atoms with Crippen molar-refractivity contribution in [1.29, 1.82) is 0 Å². The van der Waals surface area contributed by atoms with Crippen molar-refractivity contribution in [3.63, 3.8) is 0 Å². The summed E-state index contributed by atoms with van der Waals surface area (Å²) in [5, 5.41) is 32.1. The second-order valence-electron chi connectivity index (χ2n) is 5.73. The highest BCUT2D eigenvalue weighted by Crippen LogP contribution is 2.35. The lowest BCUT2D eigenvalue weighted by atomic mass is 10.0. The van der Waals surface area contributed by atoms with E-state index in [0.717, 1.165) is 0 Å². The molecule has 6 nitrogen and oxygen atoms in total. The van der Waals surface area contributed by atoms with Gasteiger partial charge < -0.3 is 25.4 Å². The van der Waals surface area contributed by atoms with Crippen molar-refractivity contribution in [3.8, 4) is 5.75 Å². The van der Waals surface area contributed by atoms with Gasteiger partial charge in [0, 0.05) is 6.54 Å². The lowest BCUT2D eigenvalue weighted by Crippen LogP contribution is -2.38. The third kappa shape index (κ3) is 5.75. The van der Waals surface area contributed by atoms with Crippen molar-refractivity contribution in [2.45, 2.75) is 38.6 Å². The van der Waals surface area contributed by atoms with E-state index in [1.807, 2.05) is 0 Å². The number of aliphatic hydroxyl groups excluding tert-OH is 2. The smallest absolute Gasteiger partial charge is 0.407 e. The van der Waals surface area contributed by atoms with Crippen molar-refractivity contribution < 1.29 is 24.9 Å². The van der Waals surface area contributed by atoms with Gasteiger partial charge in [0.15, 0.2) is 0 Å². The van der Waals surface area contributed by atoms with Gasteiger partial charge in [0.1, 0.15) is 23.6 Å². The van der Waals surface area contributed by atoms with Crippen LogP contribution in [0.3, 0.4) is 0 Å². The number of alkyl carbamates (subject to hydrolysis) is 1. The standard InChI is InChI=1S/C14H19Br2NO5/c1-14(2,3)22-13(21)17-6-10(18)11(19)7-4-8(15)12(20)9(16)5-7/h4-5,10-11,18-20H,6H2,1-3H3,(H,17,21). The molecule has 1 amide bonds. The largest absolute Gasteiger partial charge is 0.506 e. The van der Waals surface area contributed by atoms with Gasteiger partial charge in [0.2, 0.25) is 0 Å². The molecule has 22 heavy (non-hydrogen) atoms. The van der Waals surface area contributed by atoms with E-state index in [-0.39, 0.29) is 12.3 Å². The Morgan fingerprint density at radius 2 is 1.77 bits per heavy atom. The summed E-state index contributed by atoms with van der Waals surface area (Å²) in [5.41, 5.74) is -0.254. The van der Waals surface area contributed by atoms with Crippen molar-refractivity contribution >= 4 is 38.0 Å². The highest BCUT2D eigenvalue weighted by Gasteiger charge is 2.22. The van der Waals surface area contributed by atoms with Crippen LogP contribution in [0.25, 0.3) is 0 Å². The van der Waals surface area contributed by atoms with Crippen LogP contribution >= 0.6 is 31.9 Å². The van der Waals surface area contributed by atoms with Crippen molar-refractivity contribution in [3.05, 3.63) is 26.6 Å². The molecule has 8 heteroatoms. The minimum atomic E-state index is -1.23. The summed E-state index contributed by atoms with van der Waals surface area (Å²) in [4.78, 5) is 11.5.